The zero-order valence-electron chi connectivity index (χ0n) is 12.8. The van der Waals surface area contributed by atoms with Crippen LogP contribution in [0.2, 0.25) is 5.02 Å². The Morgan fingerprint density at radius 1 is 1.43 bits per heavy atom. The van der Waals surface area contributed by atoms with Crippen LogP contribution in [-0.2, 0) is 14.4 Å². The molecule has 23 heavy (non-hydrogen) atoms. The molecule has 7 heteroatoms. The van der Waals surface area contributed by atoms with Crippen molar-refractivity contribution in [2.75, 3.05) is 11.4 Å². The Kier molecular flexibility index (Phi) is 5.60. The molecule has 0 radical (unpaired) electrons. The molecule has 1 saturated heterocycles. The van der Waals surface area contributed by atoms with Gasteiger partial charge in [-0.25, -0.2) is 4.79 Å². The molecule has 0 aromatic heterocycles. The number of hydrogen-bond donors (Lipinski definition) is 2. The van der Waals surface area contributed by atoms with Crippen LogP contribution in [0.3, 0.4) is 0 Å². The summed E-state index contributed by atoms with van der Waals surface area (Å²) in [4.78, 5) is 37.0. The minimum atomic E-state index is -1.06. The number of aliphatic carboxylic acids is 1. The fourth-order valence-corrected chi connectivity index (χ4v) is 2.86. The lowest BCUT2D eigenvalue weighted by Crippen LogP contribution is -2.44. The van der Waals surface area contributed by atoms with Gasteiger partial charge < -0.3 is 15.3 Å². The summed E-state index contributed by atoms with van der Waals surface area (Å²) in [5.41, 5.74) is 0.567. The van der Waals surface area contributed by atoms with Crippen LogP contribution < -0.4 is 10.2 Å². The molecule has 0 saturated carbocycles. The summed E-state index contributed by atoms with van der Waals surface area (Å²) in [7, 11) is 0. The highest BCUT2D eigenvalue weighted by molar-refractivity contribution is 6.33. The Hall–Kier alpha value is -2.08. The van der Waals surface area contributed by atoms with Crippen molar-refractivity contribution in [2.45, 2.75) is 32.2 Å². The summed E-state index contributed by atoms with van der Waals surface area (Å²) in [6.45, 7) is 2.05. The first-order chi connectivity index (χ1) is 10.9. The molecular weight excluding hydrogens is 320 g/mol. The van der Waals surface area contributed by atoms with Gasteiger partial charge in [0.15, 0.2) is 0 Å². The van der Waals surface area contributed by atoms with E-state index in [4.69, 9.17) is 16.7 Å². The number of carbonyl (C=O) groups is 3. The van der Waals surface area contributed by atoms with Gasteiger partial charge in [-0.05, 0) is 18.6 Å². The van der Waals surface area contributed by atoms with E-state index >= 15 is 0 Å². The van der Waals surface area contributed by atoms with E-state index in [0.29, 0.717) is 23.6 Å². The number of halogens is 1. The van der Waals surface area contributed by atoms with Crippen molar-refractivity contribution in [3.63, 3.8) is 0 Å². The number of benzene rings is 1. The molecule has 2 rings (SSSR count). The minimum absolute atomic E-state index is 0.0511. The summed E-state index contributed by atoms with van der Waals surface area (Å²) >= 11 is 6.09. The fourth-order valence-electron chi connectivity index (χ4n) is 2.62. The lowest BCUT2D eigenvalue weighted by molar-refractivity contribution is -0.142. The molecule has 1 aliphatic heterocycles. The number of para-hydroxylation sites is 1. The van der Waals surface area contributed by atoms with Crippen LogP contribution in [0.5, 0.6) is 0 Å². The molecule has 2 amide bonds. The maximum Gasteiger partial charge on any atom is 0.326 e. The summed E-state index contributed by atoms with van der Waals surface area (Å²) in [6.07, 6.45) is 1.05. The number of anilines is 1. The zero-order chi connectivity index (χ0) is 17.0. The van der Waals surface area contributed by atoms with Crippen LogP contribution >= 0.6 is 11.6 Å². The van der Waals surface area contributed by atoms with E-state index in [2.05, 4.69) is 5.32 Å². The second kappa shape index (κ2) is 7.46. The molecule has 6 nitrogen and oxygen atoms in total. The van der Waals surface area contributed by atoms with E-state index in [1.807, 2.05) is 6.92 Å². The molecular formula is C16H19ClN2O4. The average Bonchev–Trinajstić information content (AvgIpc) is 2.89. The van der Waals surface area contributed by atoms with Crippen LogP contribution in [0, 0.1) is 5.92 Å². The molecule has 2 N–H and O–H groups in total. The number of rotatable bonds is 6. The minimum Gasteiger partial charge on any atom is -0.480 e. The normalized spacial score (nSPS) is 18.8. The molecule has 1 fully saturated rings. The van der Waals surface area contributed by atoms with Gasteiger partial charge >= 0.3 is 5.97 Å². The van der Waals surface area contributed by atoms with Gasteiger partial charge in [-0.3, -0.25) is 9.59 Å². The molecule has 1 heterocycles. The van der Waals surface area contributed by atoms with E-state index in [0.717, 1.165) is 0 Å². The van der Waals surface area contributed by atoms with E-state index < -0.39 is 23.8 Å². The molecule has 0 aliphatic carbocycles. The van der Waals surface area contributed by atoms with Crippen LogP contribution in [0.25, 0.3) is 0 Å². The number of amides is 2. The molecule has 1 aliphatic rings. The number of nitrogens with zero attached hydrogens (tertiary/aromatic N) is 1. The molecule has 1 aromatic rings. The molecule has 2 unspecified atom stereocenters. The standard InChI is InChI=1S/C16H19ClN2O4/c1-2-5-12(16(22)23)18-15(21)10-8-14(20)19(9-10)13-7-4-3-6-11(13)17/h3-4,6-7,10,12H,2,5,8-9H2,1H3,(H,18,21)(H,22,23). The van der Waals surface area contributed by atoms with E-state index in [1.165, 1.54) is 4.90 Å². The van der Waals surface area contributed by atoms with Gasteiger partial charge in [0.05, 0.1) is 16.6 Å². The largest absolute Gasteiger partial charge is 0.480 e. The second-order valence-electron chi connectivity index (χ2n) is 5.54. The number of nitrogens with one attached hydrogen (secondary N) is 1. The Morgan fingerprint density at radius 3 is 2.74 bits per heavy atom. The predicted octanol–water partition coefficient (Wildman–Crippen LogP) is 2.06. The van der Waals surface area contributed by atoms with E-state index in [1.54, 1.807) is 24.3 Å². The predicted molar refractivity (Wildman–Crippen MR) is 86.4 cm³/mol. The van der Waals surface area contributed by atoms with Gasteiger partial charge in [-0.15, -0.1) is 0 Å². The van der Waals surface area contributed by atoms with Crippen LogP contribution in [0.4, 0.5) is 5.69 Å². The molecule has 0 bridgehead atoms. The quantitative estimate of drug-likeness (QED) is 0.831. The van der Waals surface area contributed by atoms with Crippen LogP contribution in [0.1, 0.15) is 26.2 Å². The Morgan fingerprint density at radius 2 is 2.13 bits per heavy atom. The van der Waals surface area contributed by atoms with Gasteiger partial charge in [-0.1, -0.05) is 37.1 Å². The third-order valence-corrected chi connectivity index (χ3v) is 4.15. The SMILES string of the molecule is CCCC(NC(=O)C1CC(=O)N(c2ccccc2Cl)C1)C(=O)O. The lowest BCUT2D eigenvalue weighted by Gasteiger charge is -2.19. The first kappa shape index (κ1) is 17.3. The van der Waals surface area contributed by atoms with Gasteiger partial charge in [0.25, 0.3) is 0 Å². The van der Waals surface area contributed by atoms with Crippen molar-refractivity contribution >= 4 is 35.1 Å². The summed E-state index contributed by atoms with van der Waals surface area (Å²) in [5.74, 6) is -2.24. The summed E-state index contributed by atoms with van der Waals surface area (Å²) in [6, 6.07) is 6.01. The zero-order valence-corrected chi connectivity index (χ0v) is 13.5. The van der Waals surface area contributed by atoms with Gasteiger partial charge in [0.2, 0.25) is 11.8 Å². The third kappa shape index (κ3) is 4.01. The van der Waals surface area contributed by atoms with Crippen molar-refractivity contribution in [1.82, 2.24) is 5.32 Å². The first-order valence-electron chi connectivity index (χ1n) is 7.52. The maximum absolute atomic E-state index is 12.3. The topological polar surface area (TPSA) is 86.7 Å². The highest BCUT2D eigenvalue weighted by Gasteiger charge is 2.37. The van der Waals surface area contributed by atoms with Crippen LogP contribution in [0.15, 0.2) is 24.3 Å². The number of carbonyl (C=O) groups excluding carboxylic acids is 2. The maximum atomic E-state index is 12.3. The number of carboxylic acids is 1. The van der Waals surface area contributed by atoms with Gasteiger partial charge in [0.1, 0.15) is 6.04 Å². The highest BCUT2D eigenvalue weighted by Crippen LogP contribution is 2.31. The Balaban J connectivity index is 2.06. The smallest absolute Gasteiger partial charge is 0.326 e. The first-order valence-corrected chi connectivity index (χ1v) is 7.90. The molecule has 0 spiro atoms. The van der Waals surface area contributed by atoms with Crippen molar-refractivity contribution in [3.8, 4) is 0 Å². The third-order valence-electron chi connectivity index (χ3n) is 3.83. The van der Waals surface area contributed by atoms with Gasteiger partial charge in [-0.2, -0.15) is 0 Å². The summed E-state index contributed by atoms with van der Waals surface area (Å²) < 4.78 is 0. The van der Waals surface area contributed by atoms with Crippen molar-refractivity contribution in [1.29, 1.82) is 0 Å². The Labute approximate surface area is 139 Å². The number of hydrogen-bond acceptors (Lipinski definition) is 3. The fraction of sp³-hybridized carbons (Fsp3) is 0.438. The molecule has 124 valence electrons. The van der Waals surface area contributed by atoms with Crippen molar-refractivity contribution in [3.05, 3.63) is 29.3 Å². The van der Waals surface area contributed by atoms with Crippen molar-refractivity contribution in [2.24, 2.45) is 5.92 Å². The van der Waals surface area contributed by atoms with Gasteiger partial charge in [0, 0.05) is 13.0 Å². The monoisotopic (exact) mass is 338 g/mol. The van der Waals surface area contributed by atoms with Crippen molar-refractivity contribution < 1.29 is 19.5 Å². The van der Waals surface area contributed by atoms with E-state index in [9.17, 15) is 14.4 Å². The second-order valence-corrected chi connectivity index (χ2v) is 5.95. The Bertz CT molecular complexity index is 620. The number of carboxylic acid groups (broad SMARTS) is 1. The van der Waals surface area contributed by atoms with Crippen LogP contribution in [-0.4, -0.2) is 35.5 Å². The lowest BCUT2D eigenvalue weighted by atomic mass is 10.1. The highest BCUT2D eigenvalue weighted by atomic mass is 35.5. The van der Waals surface area contributed by atoms with E-state index in [-0.39, 0.29) is 18.9 Å². The average molecular weight is 339 g/mol. The molecule has 1 aromatic carbocycles. The molecule has 2 atom stereocenters. The summed E-state index contributed by atoms with van der Waals surface area (Å²) in [5, 5.41) is 12.1.